The number of halogens is 1. The normalized spacial score (nSPS) is 9.58. The average Bonchev–Trinajstić information content (AvgIpc) is 2.36. The smallest absolute Gasteiger partial charge is 0.413 e. The molecule has 0 saturated heterocycles. The Morgan fingerprint density at radius 1 is 1.37 bits per heavy atom. The van der Waals surface area contributed by atoms with Crippen LogP contribution in [0.4, 0.5) is 4.79 Å². The van der Waals surface area contributed by atoms with Crippen LogP contribution in [0.3, 0.4) is 0 Å². The zero-order valence-electron chi connectivity index (χ0n) is 9.81. The predicted molar refractivity (Wildman–Crippen MR) is 64.5 cm³/mol. The van der Waals surface area contributed by atoms with E-state index in [4.69, 9.17) is 21.4 Å². The van der Waals surface area contributed by atoms with E-state index in [1.165, 1.54) is 18.2 Å². The first-order chi connectivity index (χ1) is 8.93. The molecule has 0 heterocycles. The maximum Gasteiger partial charge on any atom is 0.413 e. The lowest BCUT2D eigenvalue weighted by molar-refractivity contribution is -0.122. The SMILES string of the molecule is COC(=O)NC(=O)COc1ccc(C(=O)O)cc1Cl. The van der Waals surface area contributed by atoms with Crippen LogP contribution < -0.4 is 10.1 Å². The summed E-state index contributed by atoms with van der Waals surface area (Å²) < 4.78 is 9.25. The molecule has 0 spiro atoms. The fourth-order valence-corrected chi connectivity index (χ4v) is 1.33. The Labute approximate surface area is 113 Å². The molecule has 0 fully saturated rings. The first-order valence-electron chi connectivity index (χ1n) is 4.97. The molecule has 0 aliphatic rings. The zero-order valence-corrected chi connectivity index (χ0v) is 10.6. The molecule has 0 aliphatic heterocycles. The summed E-state index contributed by atoms with van der Waals surface area (Å²) in [4.78, 5) is 32.6. The molecule has 2 N–H and O–H groups in total. The Morgan fingerprint density at radius 2 is 2.05 bits per heavy atom. The summed E-state index contributed by atoms with van der Waals surface area (Å²) >= 11 is 5.78. The van der Waals surface area contributed by atoms with Gasteiger partial charge in [0.2, 0.25) is 0 Å². The third-order valence-electron chi connectivity index (χ3n) is 1.96. The van der Waals surface area contributed by atoms with E-state index in [1.807, 2.05) is 5.32 Å². The fourth-order valence-electron chi connectivity index (χ4n) is 1.10. The van der Waals surface area contributed by atoms with Gasteiger partial charge in [0.25, 0.3) is 5.91 Å². The van der Waals surface area contributed by atoms with Gasteiger partial charge in [-0.2, -0.15) is 0 Å². The largest absolute Gasteiger partial charge is 0.482 e. The minimum Gasteiger partial charge on any atom is -0.482 e. The van der Waals surface area contributed by atoms with Crippen molar-refractivity contribution in [3.05, 3.63) is 28.8 Å². The van der Waals surface area contributed by atoms with E-state index in [1.54, 1.807) is 0 Å². The third-order valence-corrected chi connectivity index (χ3v) is 2.26. The summed E-state index contributed by atoms with van der Waals surface area (Å²) in [5.74, 6) is -1.71. The van der Waals surface area contributed by atoms with Crippen molar-refractivity contribution in [2.75, 3.05) is 13.7 Å². The molecule has 0 radical (unpaired) electrons. The van der Waals surface area contributed by atoms with Gasteiger partial charge in [0.05, 0.1) is 17.7 Å². The number of methoxy groups -OCH3 is 1. The number of aromatic carboxylic acids is 1. The molecule has 0 unspecified atom stereocenters. The number of benzene rings is 1. The van der Waals surface area contributed by atoms with E-state index in [0.29, 0.717) is 0 Å². The number of alkyl carbamates (subject to hydrolysis) is 1. The molecule has 0 aromatic heterocycles. The van der Waals surface area contributed by atoms with Crippen molar-refractivity contribution < 1.29 is 29.0 Å². The maximum atomic E-state index is 11.2. The van der Waals surface area contributed by atoms with E-state index in [9.17, 15) is 14.4 Å². The van der Waals surface area contributed by atoms with Crippen molar-refractivity contribution in [1.82, 2.24) is 5.32 Å². The summed E-state index contributed by atoms with van der Waals surface area (Å²) in [7, 11) is 1.12. The van der Waals surface area contributed by atoms with Crippen LogP contribution in [0.1, 0.15) is 10.4 Å². The molecule has 0 atom stereocenters. The quantitative estimate of drug-likeness (QED) is 0.865. The summed E-state index contributed by atoms with van der Waals surface area (Å²) in [5.41, 5.74) is -0.00337. The van der Waals surface area contributed by atoms with Crippen LogP contribution in [-0.4, -0.2) is 36.8 Å². The molecular formula is C11H10ClNO6. The molecule has 2 amide bonds. The number of carbonyl (C=O) groups excluding carboxylic acids is 2. The Morgan fingerprint density at radius 3 is 2.58 bits per heavy atom. The van der Waals surface area contributed by atoms with E-state index in [-0.39, 0.29) is 16.3 Å². The van der Waals surface area contributed by atoms with Gasteiger partial charge in [-0.1, -0.05) is 11.6 Å². The molecule has 102 valence electrons. The minimum atomic E-state index is -1.13. The van der Waals surface area contributed by atoms with Crippen molar-refractivity contribution in [3.8, 4) is 5.75 Å². The molecule has 0 saturated carbocycles. The monoisotopic (exact) mass is 287 g/mol. The van der Waals surface area contributed by atoms with Crippen LogP contribution in [0.15, 0.2) is 18.2 Å². The Kier molecular flexibility index (Phi) is 5.13. The van der Waals surface area contributed by atoms with Crippen molar-refractivity contribution in [2.45, 2.75) is 0 Å². The fraction of sp³-hybridized carbons (Fsp3) is 0.182. The number of ether oxygens (including phenoxy) is 2. The standard InChI is InChI=1S/C11H10ClNO6/c1-18-11(17)13-9(14)5-19-8-3-2-6(10(15)16)4-7(8)12/h2-4H,5H2,1H3,(H,15,16)(H,13,14,17). The third kappa shape index (κ3) is 4.47. The van der Waals surface area contributed by atoms with Crippen LogP contribution in [0, 0.1) is 0 Å². The zero-order chi connectivity index (χ0) is 14.4. The minimum absolute atomic E-state index is 0.00337. The molecule has 0 bridgehead atoms. The lowest BCUT2D eigenvalue weighted by atomic mass is 10.2. The molecule has 19 heavy (non-hydrogen) atoms. The van der Waals surface area contributed by atoms with E-state index in [2.05, 4.69) is 4.74 Å². The highest BCUT2D eigenvalue weighted by Gasteiger charge is 2.11. The second-order valence-electron chi connectivity index (χ2n) is 3.28. The number of nitrogens with one attached hydrogen (secondary N) is 1. The highest BCUT2D eigenvalue weighted by Crippen LogP contribution is 2.25. The number of carbonyl (C=O) groups is 3. The first kappa shape index (κ1) is 14.8. The van der Waals surface area contributed by atoms with Gasteiger partial charge in [0.1, 0.15) is 5.75 Å². The van der Waals surface area contributed by atoms with Crippen LogP contribution >= 0.6 is 11.6 Å². The van der Waals surface area contributed by atoms with E-state index < -0.39 is 24.6 Å². The number of imide groups is 1. The van der Waals surface area contributed by atoms with Gasteiger partial charge in [-0.3, -0.25) is 10.1 Å². The van der Waals surface area contributed by atoms with E-state index in [0.717, 1.165) is 7.11 Å². The molecule has 7 nitrogen and oxygen atoms in total. The van der Waals surface area contributed by atoms with Crippen molar-refractivity contribution in [2.24, 2.45) is 0 Å². The van der Waals surface area contributed by atoms with Crippen molar-refractivity contribution in [1.29, 1.82) is 0 Å². The number of hydrogen-bond donors (Lipinski definition) is 2. The molecule has 0 aliphatic carbocycles. The molecule has 1 rings (SSSR count). The summed E-state index contributed by atoms with van der Waals surface area (Å²) in [6.07, 6.45) is -0.902. The van der Waals surface area contributed by atoms with Gasteiger partial charge < -0.3 is 14.6 Å². The van der Waals surface area contributed by atoms with Gasteiger partial charge in [-0.05, 0) is 18.2 Å². The predicted octanol–water partition coefficient (Wildman–Crippen LogP) is 1.30. The summed E-state index contributed by atoms with van der Waals surface area (Å²) in [6.45, 7) is -0.457. The van der Waals surface area contributed by atoms with Gasteiger partial charge in [-0.25, -0.2) is 9.59 Å². The second kappa shape index (κ2) is 6.60. The number of rotatable bonds is 4. The molecular weight excluding hydrogens is 278 g/mol. The van der Waals surface area contributed by atoms with Crippen LogP contribution in [0.2, 0.25) is 5.02 Å². The molecule has 1 aromatic carbocycles. The van der Waals surface area contributed by atoms with Crippen LogP contribution in [-0.2, 0) is 9.53 Å². The van der Waals surface area contributed by atoms with Gasteiger partial charge >= 0.3 is 12.1 Å². The highest BCUT2D eigenvalue weighted by atomic mass is 35.5. The van der Waals surface area contributed by atoms with Crippen LogP contribution in [0.5, 0.6) is 5.75 Å². The summed E-state index contributed by atoms with van der Waals surface area (Å²) in [5, 5.41) is 10.7. The van der Waals surface area contributed by atoms with E-state index >= 15 is 0 Å². The lowest BCUT2D eigenvalue weighted by Gasteiger charge is -2.08. The number of carboxylic acid groups (broad SMARTS) is 1. The van der Waals surface area contributed by atoms with Crippen molar-refractivity contribution >= 4 is 29.6 Å². The van der Waals surface area contributed by atoms with Gasteiger partial charge in [-0.15, -0.1) is 0 Å². The Balaban J connectivity index is 2.61. The maximum absolute atomic E-state index is 11.2. The second-order valence-corrected chi connectivity index (χ2v) is 3.69. The van der Waals surface area contributed by atoms with Gasteiger partial charge in [0.15, 0.2) is 6.61 Å². The first-order valence-corrected chi connectivity index (χ1v) is 5.35. The summed E-state index contributed by atoms with van der Waals surface area (Å²) in [6, 6.07) is 3.79. The average molecular weight is 288 g/mol. The number of hydrogen-bond acceptors (Lipinski definition) is 5. The topological polar surface area (TPSA) is 102 Å². The molecule has 8 heteroatoms. The van der Waals surface area contributed by atoms with Crippen LogP contribution in [0.25, 0.3) is 0 Å². The molecule has 1 aromatic rings. The van der Waals surface area contributed by atoms with Crippen molar-refractivity contribution in [3.63, 3.8) is 0 Å². The highest BCUT2D eigenvalue weighted by molar-refractivity contribution is 6.32. The number of amides is 2. The Bertz CT molecular complexity index is 516. The lowest BCUT2D eigenvalue weighted by Crippen LogP contribution is -2.34. The Hall–Kier alpha value is -2.28. The number of carboxylic acids is 1. The van der Waals surface area contributed by atoms with Gasteiger partial charge in [0, 0.05) is 0 Å².